The van der Waals surface area contributed by atoms with Crippen molar-refractivity contribution in [3.63, 3.8) is 0 Å². The molecule has 19 heavy (non-hydrogen) atoms. The third-order valence-corrected chi connectivity index (χ3v) is 3.17. The number of amides is 1. The smallest absolute Gasteiger partial charge is 0.227 e. The molecule has 1 saturated heterocycles. The van der Waals surface area contributed by atoms with Crippen LogP contribution in [0.15, 0.2) is 29.4 Å². The van der Waals surface area contributed by atoms with E-state index in [9.17, 15) is 9.59 Å². The van der Waals surface area contributed by atoms with E-state index in [-0.39, 0.29) is 17.6 Å². The van der Waals surface area contributed by atoms with E-state index in [0.29, 0.717) is 25.1 Å². The van der Waals surface area contributed by atoms with Crippen LogP contribution in [0, 0.1) is 5.92 Å². The van der Waals surface area contributed by atoms with Crippen molar-refractivity contribution >= 4 is 17.4 Å². The first-order valence-corrected chi connectivity index (χ1v) is 6.04. The molecule has 0 aromatic heterocycles. The molecule has 0 spiro atoms. The maximum absolute atomic E-state index is 11.9. The number of nitrogens with zero attached hydrogens (tertiary/aromatic N) is 4. The van der Waals surface area contributed by atoms with Gasteiger partial charge in [0, 0.05) is 35.7 Å². The maximum atomic E-state index is 11.9. The van der Waals surface area contributed by atoms with E-state index in [4.69, 9.17) is 5.53 Å². The summed E-state index contributed by atoms with van der Waals surface area (Å²) < 4.78 is 0. The molecule has 1 aliphatic heterocycles. The van der Waals surface area contributed by atoms with Gasteiger partial charge in [-0.05, 0) is 30.5 Å². The minimum Gasteiger partial charge on any atom is -0.312 e. The van der Waals surface area contributed by atoms with Crippen LogP contribution in [-0.4, -0.2) is 24.8 Å². The Labute approximate surface area is 110 Å². The summed E-state index contributed by atoms with van der Waals surface area (Å²) in [7, 11) is 0. The van der Waals surface area contributed by atoms with E-state index < -0.39 is 0 Å². The van der Waals surface area contributed by atoms with Crippen LogP contribution >= 0.6 is 0 Å². The largest absolute Gasteiger partial charge is 0.312 e. The highest BCUT2D eigenvalue weighted by molar-refractivity contribution is 5.99. The number of hydrogen-bond acceptors (Lipinski definition) is 3. The van der Waals surface area contributed by atoms with Crippen LogP contribution in [0.4, 0.5) is 5.69 Å². The number of Topliss-reactive ketones (excluding diaryl/α,β-unsaturated/α-hetero) is 1. The van der Waals surface area contributed by atoms with E-state index in [0.717, 1.165) is 5.69 Å². The van der Waals surface area contributed by atoms with Crippen LogP contribution in [0.5, 0.6) is 0 Å². The molecule has 0 bridgehead atoms. The third kappa shape index (κ3) is 2.92. The summed E-state index contributed by atoms with van der Waals surface area (Å²) >= 11 is 0. The molecule has 1 fully saturated rings. The molecule has 1 atom stereocenters. The van der Waals surface area contributed by atoms with Crippen LogP contribution in [0.3, 0.4) is 0 Å². The molecule has 0 aliphatic carbocycles. The summed E-state index contributed by atoms with van der Waals surface area (Å²) in [5.41, 5.74) is 9.61. The first-order valence-electron chi connectivity index (χ1n) is 6.04. The lowest BCUT2D eigenvalue weighted by Crippen LogP contribution is -2.24. The zero-order chi connectivity index (χ0) is 13.8. The van der Waals surface area contributed by atoms with E-state index in [1.54, 1.807) is 29.2 Å². The molecule has 1 aromatic rings. The molecule has 0 saturated carbocycles. The fourth-order valence-electron chi connectivity index (χ4n) is 2.20. The molecule has 1 heterocycles. The molecule has 1 aromatic carbocycles. The lowest BCUT2D eigenvalue weighted by Gasteiger charge is -2.17. The highest BCUT2D eigenvalue weighted by atomic mass is 16.2. The first kappa shape index (κ1) is 13.1. The molecule has 1 aliphatic rings. The van der Waals surface area contributed by atoms with Gasteiger partial charge < -0.3 is 4.90 Å². The lowest BCUT2D eigenvalue weighted by atomic mass is 10.1. The Hall–Kier alpha value is -2.33. The fourth-order valence-corrected chi connectivity index (χ4v) is 2.20. The molecule has 6 nitrogen and oxygen atoms in total. The van der Waals surface area contributed by atoms with Crippen molar-refractivity contribution in [1.82, 2.24) is 0 Å². The summed E-state index contributed by atoms with van der Waals surface area (Å²) in [6, 6.07) is 7.01. The van der Waals surface area contributed by atoms with Gasteiger partial charge in [0.15, 0.2) is 5.78 Å². The number of carbonyl (C=O) groups is 2. The van der Waals surface area contributed by atoms with Crippen molar-refractivity contribution in [2.75, 3.05) is 18.0 Å². The van der Waals surface area contributed by atoms with Crippen LogP contribution in [0.25, 0.3) is 10.4 Å². The van der Waals surface area contributed by atoms with Crippen LogP contribution in [-0.2, 0) is 4.79 Å². The minimum absolute atomic E-state index is 0.00107. The Morgan fingerprint density at radius 1 is 1.58 bits per heavy atom. The highest BCUT2D eigenvalue weighted by Gasteiger charge is 2.30. The Bertz CT molecular complexity index is 564. The van der Waals surface area contributed by atoms with Crippen molar-refractivity contribution < 1.29 is 9.59 Å². The number of rotatable bonds is 4. The summed E-state index contributed by atoms with van der Waals surface area (Å²) in [5.74, 6) is 0.0161. The van der Waals surface area contributed by atoms with E-state index in [2.05, 4.69) is 10.0 Å². The van der Waals surface area contributed by atoms with Gasteiger partial charge in [0.25, 0.3) is 0 Å². The van der Waals surface area contributed by atoms with E-state index in [1.807, 2.05) is 0 Å². The number of hydrogen-bond donors (Lipinski definition) is 0. The number of azide groups is 1. The average molecular weight is 258 g/mol. The predicted octanol–water partition coefficient (Wildman–Crippen LogP) is 2.55. The molecular weight excluding hydrogens is 244 g/mol. The van der Waals surface area contributed by atoms with Gasteiger partial charge in [0.2, 0.25) is 5.91 Å². The molecule has 6 heteroatoms. The van der Waals surface area contributed by atoms with E-state index in [1.165, 1.54) is 6.92 Å². The van der Waals surface area contributed by atoms with Crippen LogP contribution in [0.1, 0.15) is 23.7 Å². The molecule has 1 unspecified atom stereocenters. The molecule has 98 valence electrons. The molecular formula is C13H14N4O2. The van der Waals surface area contributed by atoms with Crippen LogP contribution < -0.4 is 4.90 Å². The minimum atomic E-state index is -0.0286. The Kier molecular flexibility index (Phi) is 3.82. The van der Waals surface area contributed by atoms with Crippen molar-refractivity contribution in [2.24, 2.45) is 11.0 Å². The number of ketones is 1. The SMILES string of the molecule is CC(=O)c1cccc(N2CC(CN=[N+]=[N-])CC2=O)c1. The maximum Gasteiger partial charge on any atom is 0.227 e. The zero-order valence-electron chi connectivity index (χ0n) is 10.6. The monoisotopic (exact) mass is 258 g/mol. The van der Waals surface area contributed by atoms with Crippen molar-refractivity contribution in [2.45, 2.75) is 13.3 Å². The lowest BCUT2D eigenvalue weighted by molar-refractivity contribution is -0.117. The normalized spacial score (nSPS) is 18.3. The van der Waals surface area contributed by atoms with Crippen molar-refractivity contribution in [1.29, 1.82) is 0 Å². The molecule has 0 radical (unpaired) electrons. The quantitative estimate of drug-likeness (QED) is 0.359. The number of carbonyl (C=O) groups excluding carboxylic acids is 2. The molecule has 2 rings (SSSR count). The van der Waals surface area contributed by atoms with Gasteiger partial charge in [0.05, 0.1) is 0 Å². The summed E-state index contributed by atoms with van der Waals surface area (Å²) in [4.78, 5) is 27.6. The topological polar surface area (TPSA) is 86.1 Å². The second-order valence-corrected chi connectivity index (χ2v) is 4.59. The summed E-state index contributed by atoms with van der Waals surface area (Å²) in [5, 5.41) is 3.51. The molecule has 0 N–H and O–H groups in total. The Balaban J connectivity index is 2.18. The van der Waals surface area contributed by atoms with Gasteiger partial charge in [-0.2, -0.15) is 0 Å². The Morgan fingerprint density at radius 2 is 2.37 bits per heavy atom. The summed E-state index contributed by atoms with van der Waals surface area (Å²) in [6.07, 6.45) is 0.378. The standard InChI is InChI=1S/C13H14N4O2/c1-9(18)11-3-2-4-12(6-11)17-8-10(5-13(17)19)7-15-16-14/h2-4,6,10H,5,7-8H2,1H3. The average Bonchev–Trinajstić information content (AvgIpc) is 2.77. The number of benzene rings is 1. The van der Waals surface area contributed by atoms with Crippen molar-refractivity contribution in [3.8, 4) is 0 Å². The van der Waals surface area contributed by atoms with Gasteiger partial charge >= 0.3 is 0 Å². The second-order valence-electron chi connectivity index (χ2n) is 4.59. The van der Waals surface area contributed by atoms with Gasteiger partial charge in [-0.1, -0.05) is 17.2 Å². The highest BCUT2D eigenvalue weighted by Crippen LogP contribution is 2.26. The van der Waals surface area contributed by atoms with Crippen LogP contribution in [0.2, 0.25) is 0 Å². The first-order chi connectivity index (χ1) is 9.11. The Morgan fingerprint density at radius 3 is 3.05 bits per heavy atom. The van der Waals surface area contributed by atoms with Gasteiger partial charge in [-0.25, -0.2) is 0 Å². The summed E-state index contributed by atoms with van der Waals surface area (Å²) in [6.45, 7) is 2.35. The van der Waals surface area contributed by atoms with Crippen molar-refractivity contribution in [3.05, 3.63) is 40.3 Å². The second kappa shape index (κ2) is 5.54. The molecule has 1 amide bonds. The number of anilines is 1. The van der Waals surface area contributed by atoms with Gasteiger partial charge in [0.1, 0.15) is 0 Å². The van der Waals surface area contributed by atoms with Gasteiger partial charge in [-0.3, -0.25) is 9.59 Å². The van der Waals surface area contributed by atoms with E-state index >= 15 is 0 Å². The fraction of sp³-hybridized carbons (Fsp3) is 0.385. The van der Waals surface area contributed by atoms with Gasteiger partial charge in [-0.15, -0.1) is 0 Å². The zero-order valence-corrected chi connectivity index (χ0v) is 10.6. The third-order valence-electron chi connectivity index (χ3n) is 3.17. The predicted molar refractivity (Wildman–Crippen MR) is 70.9 cm³/mol.